The number of nitrogens with zero attached hydrogens (tertiary/aromatic N) is 2. The second-order valence-electron chi connectivity index (χ2n) is 3.97. The van der Waals surface area contributed by atoms with Crippen molar-refractivity contribution in [2.45, 2.75) is 24.0 Å². The molecule has 0 atom stereocenters. The molecule has 1 heterocycles. The van der Waals surface area contributed by atoms with Crippen molar-refractivity contribution in [3.63, 3.8) is 0 Å². The molecule has 17 heavy (non-hydrogen) atoms. The van der Waals surface area contributed by atoms with Crippen LogP contribution in [0.5, 0.6) is 0 Å². The van der Waals surface area contributed by atoms with E-state index in [4.69, 9.17) is 5.26 Å². The SMILES string of the molecule is CC(C)Sc1ccc(-c2cc(C#N)n[nH]2)cc1. The first-order valence-corrected chi connectivity index (χ1v) is 6.29. The zero-order valence-electron chi connectivity index (χ0n) is 9.77. The van der Waals surface area contributed by atoms with E-state index in [-0.39, 0.29) is 0 Å². The number of rotatable bonds is 3. The number of aromatic nitrogens is 2. The van der Waals surface area contributed by atoms with Crippen LogP contribution in [0.25, 0.3) is 11.3 Å². The van der Waals surface area contributed by atoms with E-state index in [9.17, 15) is 0 Å². The summed E-state index contributed by atoms with van der Waals surface area (Å²) < 4.78 is 0. The van der Waals surface area contributed by atoms with Crippen molar-refractivity contribution in [1.29, 1.82) is 5.26 Å². The van der Waals surface area contributed by atoms with Crippen molar-refractivity contribution in [1.82, 2.24) is 10.2 Å². The molecular weight excluding hydrogens is 230 g/mol. The average molecular weight is 243 g/mol. The van der Waals surface area contributed by atoms with Gasteiger partial charge in [-0.1, -0.05) is 26.0 Å². The summed E-state index contributed by atoms with van der Waals surface area (Å²) in [5.41, 5.74) is 2.34. The topological polar surface area (TPSA) is 52.5 Å². The number of thioether (sulfide) groups is 1. The summed E-state index contributed by atoms with van der Waals surface area (Å²) in [6.07, 6.45) is 0. The van der Waals surface area contributed by atoms with Crippen molar-refractivity contribution in [3.8, 4) is 17.3 Å². The highest BCUT2D eigenvalue weighted by Gasteiger charge is 2.03. The maximum atomic E-state index is 8.71. The van der Waals surface area contributed by atoms with E-state index >= 15 is 0 Å². The van der Waals surface area contributed by atoms with Crippen molar-refractivity contribution in [2.75, 3.05) is 0 Å². The zero-order chi connectivity index (χ0) is 12.3. The monoisotopic (exact) mass is 243 g/mol. The Hall–Kier alpha value is -1.73. The summed E-state index contributed by atoms with van der Waals surface area (Å²) in [6, 6.07) is 12.0. The van der Waals surface area contributed by atoms with Crippen LogP contribution in [0.3, 0.4) is 0 Å². The highest BCUT2D eigenvalue weighted by molar-refractivity contribution is 7.99. The Morgan fingerprint density at radius 1 is 1.29 bits per heavy atom. The molecule has 4 heteroatoms. The van der Waals surface area contributed by atoms with Gasteiger partial charge >= 0.3 is 0 Å². The quantitative estimate of drug-likeness (QED) is 0.840. The molecule has 0 unspecified atom stereocenters. The minimum Gasteiger partial charge on any atom is -0.277 e. The fraction of sp³-hybridized carbons (Fsp3) is 0.231. The van der Waals surface area contributed by atoms with Gasteiger partial charge in [0.1, 0.15) is 6.07 Å². The van der Waals surface area contributed by atoms with Crippen molar-refractivity contribution < 1.29 is 0 Å². The Balaban J connectivity index is 2.20. The van der Waals surface area contributed by atoms with Crippen LogP contribution in [0.2, 0.25) is 0 Å². The Bertz CT molecular complexity index is 535. The molecule has 1 aromatic heterocycles. The van der Waals surface area contributed by atoms with E-state index in [1.807, 2.05) is 30.0 Å². The summed E-state index contributed by atoms with van der Waals surface area (Å²) in [6.45, 7) is 4.35. The predicted molar refractivity (Wildman–Crippen MR) is 69.7 cm³/mol. The molecule has 86 valence electrons. The lowest BCUT2D eigenvalue weighted by molar-refractivity contribution is 1.08. The lowest BCUT2D eigenvalue weighted by Gasteiger charge is -2.05. The maximum absolute atomic E-state index is 8.71. The number of aromatic amines is 1. The van der Waals surface area contributed by atoms with Crippen LogP contribution in [0.15, 0.2) is 35.2 Å². The molecule has 0 spiro atoms. The highest BCUT2D eigenvalue weighted by Crippen LogP contribution is 2.25. The molecule has 0 aliphatic carbocycles. The van der Waals surface area contributed by atoms with Crippen LogP contribution >= 0.6 is 11.8 Å². The Kier molecular flexibility index (Phi) is 3.50. The van der Waals surface area contributed by atoms with E-state index in [1.165, 1.54) is 4.90 Å². The van der Waals surface area contributed by atoms with E-state index in [0.29, 0.717) is 10.9 Å². The van der Waals surface area contributed by atoms with E-state index in [2.05, 4.69) is 36.2 Å². The van der Waals surface area contributed by atoms with Gasteiger partial charge in [-0.15, -0.1) is 11.8 Å². The third kappa shape index (κ3) is 2.89. The van der Waals surface area contributed by atoms with Crippen LogP contribution in [0, 0.1) is 11.3 Å². The fourth-order valence-electron chi connectivity index (χ4n) is 1.51. The third-order valence-corrected chi connectivity index (χ3v) is 3.25. The van der Waals surface area contributed by atoms with Crippen molar-refractivity contribution >= 4 is 11.8 Å². The molecule has 0 amide bonds. The highest BCUT2D eigenvalue weighted by atomic mass is 32.2. The molecule has 2 rings (SSSR count). The van der Waals surface area contributed by atoms with Crippen molar-refractivity contribution in [3.05, 3.63) is 36.0 Å². The van der Waals surface area contributed by atoms with Crippen LogP contribution in [-0.2, 0) is 0 Å². The molecule has 0 aliphatic heterocycles. The summed E-state index contributed by atoms with van der Waals surface area (Å²) in [4.78, 5) is 1.25. The first-order valence-electron chi connectivity index (χ1n) is 5.41. The molecule has 0 saturated carbocycles. The van der Waals surface area contributed by atoms with Gasteiger partial charge in [0.2, 0.25) is 0 Å². The summed E-state index contributed by atoms with van der Waals surface area (Å²) in [5.74, 6) is 0. The minimum atomic E-state index is 0.417. The van der Waals surface area contributed by atoms with Crippen LogP contribution in [0.1, 0.15) is 19.5 Å². The molecule has 0 fully saturated rings. The van der Waals surface area contributed by atoms with Crippen LogP contribution in [0.4, 0.5) is 0 Å². The lowest BCUT2D eigenvalue weighted by Crippen LogP contribution is -1.85. The normalized spacial score (nSPS) is 10.5. The largest absolute Gasteiger partial charge is 0.277 e. The first kappa shape index (κ1) is 11.7. The minimum absolute atomic E-state index is 0.417. The molecule has 0 bridgehead atoms. The van der Waals surface area contributed by atoms with Gasteiger partial charge in [-0.25, -0.2) is 0 Å². The predicted octanol–water partition coefficient (Wildman–Crippen LogP) is 3.45. The first-order chi connectivity index (χ1) is 8.19. The molecule has 0 aliphatic rings. The van der Waals surface area contributed by atoms with Gasteiger partial charge in [0.05, 0.1) is 5.69 Å². The van der Waals surface area contributed by atoms with Gasteiger partial charge in [0.25, 0.3) is 0 Å². The second kappa shape index (κ2) is 5.07. The molecular formula is C13H13N3S. The molecule has 3 nitrogen and oxygen atoms in total. The fourth-order valence-corrected chi connectivity index (χ4v) is 2.35. The molecule has 0 saturated heterocycles. The smallest absolute Gasteiger partial charge is 0.162 e. The number of H-pyrrole nitrogens is 1. The van der Waals surface area contributed by atoms with E-state index in [0.717, 1.165) is 11.3 Å². The number of hydrogen-bond acceptors (Lipinski definition) is 3. The summed E-state index contributed by atoms with van der Waals surface area (Å²) >= 11 is 1.83. The number of benzene rings is 1. The number of nitriles is 1. The number of nitrogens with one attached hydrogen (secondary N) is 1. The zero-order valence-corrected chi connectivity index (χ0v) is 10.6. The molecule has 2 aromatic rings. The Labute approximate surface area is 105 Å². The average Bonchev–Trinajstić information content (AvgIpc) is 2.78. The van der Waals surface area contributed by atoms with Gasteiger partial charge in [0.15, 0.2) is 5.69 Å². The molecule has 1 aromatic carbocycles. The van der Waals surface area contributed by atoms with E-state index in [1.54, 1.807) is 6.07 Å². The Morgan fingerprint density at radius 3 is 2.53 bits per heavy atom. The Morgan fingerprint density at radius 2 is 2.00 bits per heavy atom. The molecule has 0 radical (unpaired) electrons. The lowest BCUT2D eigenvalue weighted by atomic mass is 10.1. The third-order valence-electron chi connectivity index (χ3n) is 2.23. The van der Waals surface area contributed by atoms with Gasteiger partial charge in [0, 0.05) is 16.2 Å². The molecule has 1 N–H and O–H groups in total. The van der Waals surface area contributed by atoms with Gasteiger partial charge in [-0.05, 0) is 17.7 Å². The van der Waals surface area contributed by atoms with Crippen LogP contribution in [-0.4, -0.2) is 15.4 Å². The summed E-state index contributed by atoms with van der Waals surface area (Å²) in [5, 5.41) is 16.0. The van der Waals surface area contributed by atoms with E-state index < -0.39 is 0 Å². The van der Waals surface area contributed by atoms with Crippen molar-refractivity contribution in [2.24, 2.45) is 0 Å². The standard InChI is InChI=1S/C13H13N3S/c1-9(2)17-12-5-3-10(4-6-12)13-7-11(8-14)15-16-13/h3-7,9H,1-2H3,(H,15,16). The van der Waals surface area contributed by atoms with Gasteiger partial charge < -0.3 is 0 Å². The van der Waals surface area contributed by atoms with Gasteiger partial charge in [-0.3, -0.25) is 5.10 Å². The number of hydrogen-bond donors (Lipinski definition) is 1. The maximum Gasteiger partial charge on any atom is 0.162 e. The second-order valence-corrected chi connectivity index (χ2v) is 5.62. The summed E-state index contributed by atoms with van der Waals surface area (Å²) in [7, 11) is 0. The van der Waals surface area contributed by atoms with Crippen LogP contribution < -0.4 is 0 Å². The van der Waals surface area contributed by atoms with Gasteiger partial charge in [-0.2, -0.15) is 10.4 Å².